The maximum Gasteiger partial charge on any atom is 0.303 e. The molecule has 32 heavy (non-hydrogen) atoms. The molecule has 10 heteroatoms. The second-order valence-corrected chi connectivity index (χ2v) is 7.66. The number of para-hydroxylation sites is 1. The number of hydrogen-bond donors (Lipinski definition) is 0. The van der Waals surface area contributed by atoms with Crippen LogP contribution in [0.15, 0.2) is 24.3 Å². The van der Waals surface area contributed by atoms with E-state index in [9.17, 15) is 19.2 Å². The summed E-state index contributed by atoms with van der Waals surface area (Å²) in [6, 6.07) is 7.70. The molecule has 1 aromatic carbocycles. The monoisotopic (exact) mass is 449 g/mol. The Morgan fingerprint density at radius 3 is 2.09 bits per heavy atom. The van der Waals surface area contributed by atoms with Crippen molar-refractivity contribution in [3.05, 3.63) is 29.8 Å². The molecule has 1 fully saturated rings. The lowest BCUT2D eigenvalue weighted by Gasteiger charge is -2.47. The number of hydrogen-bond acceptors (Lipinski definition) is 10. The van der Waals surface area contributed by atoms with Gasteiger partial charge in [0.05, 0.1) is 0 Å². The summed E-state index contributed by atoms with van der Waals surface area (Å²) < 4.78 is 27.8. The van der Waals surface area contributed by atoms with Crippen LogP contribution < -0.4 is 4.90 Å². The van der Waals surface area contributed by atoms with E-state index in [2.05, 4.69) is 0 Å². The number of fused-ring (bicyclic) bond motifs is 1. The Morgan fingerprint density at radius 2 is 1.47 bits per heavy atom. The van der Waals surface area contributed by atoms with Crippen molar-refractivity contribution in [1.82, 2.24) is 0 Å². The highest BCUT2D eigenvalue weighted by Crippen LogP contribution is 2.37. The Bertz CT molecular complexity index is 886. The Labute approximate surface area is 185 Å². The molecule has 3 rings (SSSR count). The fraction of sp³-hybridized carbons (Fsp3) is 0.545. The fourth-order valence-corrected chi connectivity index (χ4v) is 4.08. The molecular weight excluding hydrogens is 422 g/mol. The van der Waals surface area contributed by atoms with E-state index >= 15 is 0 Å². The highest BCUT2D eigenvalue weighted by atomic mass is 16.7. The Balaban J connectivity index is 2.03. The molecule has 0 radical (unpaired) electrons. The first-order valence-electron chi connectivity index (χ1n) is 10.3. The molecule has 0 saturated carbocycles. The molecule has 2 aliphatic rings. The molecule has 174 valence electrons. The molecule has 0 unspecified atom stereocenters. The zero-order valence-corrected chi connectivity index (χ0v) is 18.4. The van der Waals surface area contributed by atoms with E-state index in [0.717, 1.165) is 17.7 Å². The number of rotatable bonds is 6. The van der Waals surface area contributed by atoms with Crippen molar-refractivity contribution in [3.63, 3.8) is 0 Å². The summed E-state index contributed by atoms with van der Waals surface area (Å²) in [7, 11) is 0. The largest absolute Gasteiger partial charge is 0.463 e. The van der Waals surface area contributed by atoms with E-state index in [-0.39, 0.29) is 6.61 Å². The van der Waals surface area contributed by atoms with Gasteiger partial charge in [-0.05, 0) is 18.1 Å². The SMILES string of the molecule is CC(=O)OC[C@@H]1O[C@H](N2CCc3ccccc32)[C@H](OC(C)=O)[C@@H](OC(C)=O)[C@@H]1OC(C)=O. The zero-order valence-electron chi connectivity index (χ0n) is 18.4. The van der Waals surface area contributed by atoms with Gasteiger partial charge < -0.3 is 28.6 Å². The van der Waals surface area contributed by atoms with E-state index in [1.165, 1.54) is 27.7 Å². The Morgan fingerprint density at radius 1 is 0.875 bits per heavy atom. The molecule has 1 aromatic rings. The maximum absolute atomic E-state index is 12.0. The van der Waals surface area contributed by atoms with E-state index in [1.807, 2.05) is 29.2 Å². The minimum absolute atomic E-state index is 0.246. The van der Waals surface area contributed by atoms with Gasteiger partial charge in [-0.1, -0.05) is 18.2 Å². The molecule has 2 aliphatic heterocycles. The van der Waals surface area contributed by atoms with Gasteiger partial charge >= 0.3 is 23.9 Å². The topological polar surface area (TPSA) is 118 Å². The van der Waals surface area contributed by atoms with Crippen LogP contribution in [0.5, 0.6) is 0 Å². The lowest BCUT2D eigenvalue weighted by molar-refractivity contribution is -0.252. The number of carbonyl (C=O) groups is 4. The lowest BCUT2D eigenvalue weighted by Crippen LogP contribution is -2.66. The summed E-state index contributed by atoms with van der Waals surface area (Å²) in [6.07, 6.45) is -4.53. The third-order valence-corrected chi connectivity index (χ3v) is 5.20. The Hall–Kier alpha value is -3.14. The first-order chi connectivity index (χ1) is 15.2. The van der Waals surface area contributed by atoms with Gasteiger partial charge in [0.1, 0.15) is 12.7 Å². The number of ether oxygens (including phenoxy) is 5. The summed E-state index contributed by atoms with van der Waals surface area (Å²) in [5.41, 5.74) is 1.97. The molecule has 5 atom stereocenters. The zero-order chi connectivity index (χ0) is 23.4. The molecule has 0 bridgehead atoms. The molecule has 0 N–H and O–H groups in total. The third kappa shape index (κ3) is 5.37. The second kappa shape index (κ2) is 9.99. The molecule has 0 aromatic heterocycles. The third-order valence-electron chi connectivity index (χ3n) is 5.20. The summed E-state index contributed by atoms with van der Waals surface area (Å²) >= 11 is 0. The van der Waals surface area contributed by atoms with Crippen LogP contribution in [0, 0.1) is 0 Å². The van der Waals surface area contributed by atoms with Gasteiger partial charge in [-0.25, -0.2) is 0 Å². The molecule has 0 aliphatic carbocycles. The van der Waals surface area contributed by atoms with Gasteiger partial charge in [-0.3, -0.25) is 19.2 Å². The van der Waals surface area contributed by atoms with Crippen molar-refractivity contribution < 1.29 is 42.9 Å². The predicted molar refractivity (Wildman–Crippen MR) is 109 cm³/mol. The normalized spacial score (nSPS) is 26.6. The molecule has 1 saturated heterocycles. The van der Waals surface area contributed by atoms with Crippen molar-refractivity contribution in [2.24, 2.45) is 0 Å². The fourth-order valence-electron chi connectivity index (χ4n) is 4.08. The van der Waals surface area contributed by atoms with Gasteiger partial charge in [0, 0.05) is 39.9 Å². The molecule has 2 heterocycles. The van der Waals surface area contributed by atoms with Crippen molar-refractivity contribution in [1.29, 1.82) is 0 Å². The van der Waals surface area contributed by atoms with Gasteiger partial charge in [-0.15, -0.1) is 0 Å². The van der Waals surface area contributed by atoms with Gasteiger partial charge in [0.25, 0.3) is 0 Å². The lowest BCUT2D eigenvalue weighted by atomic mass is 9.96. The van der Waals surface area contributed by atoms with Gasteiger partial charge in [0.15, 0.2) is 24.5 Å². The first-order valence-corrected chi connectivity index (χ1v) is 10.3. The van der Waals surface area contributed by atoms with E-state index < -0.39 is 54.5 Å². The van der Waals surface area contributed by atoms with E-state index in [4.69, 9.17) is 23.7 Å². The Kier molecular flexibility index (Phi) is 7.34. The molecular formula is C22H27NO9. The van der Waals surface area contributed by atoms with Gasteiger partial charge in [0.2, 0.25) is 0 Å². The van der Waals surface area contributed by atoms with E-state index in [1.54, 1.807) is 0 Å². The quantitative estimate of drug-likeness (QED) is 0.462. The van der Waals surface area contributed by atoms with Crippen molar-refractivity contribution in [2.45, 2.75) is 64.8 Å². The summed E-state index contributed by atoms with van der Waals surface area (Å²) in [5.74, 6) is -2.48. The first kappa shape index (κ1) is 23.5. The van der Waals surface area contributed by atoms with Crippen molar-refractivity contribution in [3.8, 4) is 0 Å². The average molecular weight is 449 g/mol. The van der Waals surface area contributed by atoms with Crippen LogP contribution in [0.4, 0.5) is 5.69 Å². The summed E-state index contributed by atoms with van der Waals surface area (Å²) in [4.78, 5) is 49.0. The average Bonchev–Trinajstić information content (AvgIpc) is 3.12. The molecule has 10 nitrogen and oxygen atoms in total. The van der Waals surface area contributed by atoms with E-state index in [0.29, 0.717) is 6.54 Å². The van der Waals surface area contributed by atoms with Crippen LogP contribution in [0.25, 0.3) is 0 Å². The summed E-state index contributed by atoms with van der Waals surface area (Å²) in [5, 5.41) is 0. The van der Waals surface area contributed by atoms with Crippen LogP contribution in [0.1, 0.15) is 33.3 Å². The smallest absolute Gasteiger partial charge is 0.303 e. The number of benzene rings is 1. The predicted octanol–water partition coefficient (Wildman–Crippen LogP) is 1.13. The standard InChI is InChI=1S/C22H27NO9/c1-12(24)28-11-18-19(29-13(2)25)20(30-14(3)26)21(31-15(4)27)22(32-18)23-10-9-16-7-5-6-8-17(16)23/h5-8,18-22H,9-11H2,1-4H3/t18-,19+,20-,21+,22-/m0/s1. The number of esters is 4. The highest BCUT2D eigenvalue weighted by molar-refractivity contribution is 5.69. The van der Waals surface area contributed by atoms with Crippen LogP contribution in [-0.4, -0.2) is 67.7 Å². The van der Waals surface area contributed by atoms with Crippen LogP contribution >= 0.6 is 0 Å². The minimum Gasteiger partial charge on any atom is -0.463 e. The maximum atomic E-state index is 12.0. The van der Waals surface area contributed by atoms with Crippen molar-refractivity contribution in [2.75, 3.05) is 18.1 Å². The second-order valence-electron chi connectivity index (χ2n) is 7.66. The molecule has 0 spiro atoms. The summed E-state index contributed by atoms with van der Waals surface area (Å²) in [6.45, 7) is 5.18. The van der Waals surface area contributed by atoms with Crippen LogP contribution in [0.2, 0.25) is 0 Å². The van der Waals surface area contributed by atoms with Crippen molar-refractivity contribution >= 4 is 29.6 Å². The number of nitrogens with zero attached hydrogens (tertiary/aromatic N) is 1. The van der Waals surface area contributed by atoms with Crippen LogP contribution in [0.3, 0.4) is 0 Å². The minimum atomic E-state index is -1.17. The van der Waals surface area contributed by atoms with Crippen LogP contribution in [-0.2, 0) is 49.3 Å². The highest BCUT2D eigenvalue weighted by Gasteiger charge is 2.54. The molecule has 0 amide bonds. The number of anilines is 1. The number of carbonyl (C=O) groups excluding carboxylic acids is 4. The van der Waals surface area contributed by atoms with Gasteiger partial charge in [-0.2, -0.15) is 0 Å².